The van der Waals surface area contributed by atoms with Crippen LogP contribution in [0.1, 0.15) is 96.3 Å². The molecule has 0 saturated carbocycles. The largest absolute Gasteiger partial charge is 0.304 e. The number of halogens is 8. The molecule has 0 unspecified atom stereocenters. The zero-order valence-corrected chi connectivity index (χ0v) is 33.2. The zero-order valence-electron chi connectivity index (χ0n) is 33.2. The number of hydrogen-bond acceptors (Lipinski definition) is 0. The summed E-state index contributed by atoms with van der Waals surface area (Å²) in [7, 11) is 0. The second-order valence-electron chi connectivity index (χ2n) is 17.4. The summed E-state index contributed by atoms with van der Waals surface area (Å²) in [6.07, 6.45) is 7.51. The predicted octanol–water partition coefficient (Wildman–Crippen LogP) is 14.3. The van der Waals surface area contributed by atoms with Crippen molar-refractivity contribution in [2.24, 2.45) is 10.8 Å². The van der Waals surface area contributed by atoms with E-state index >= 15 is 35.1 Å². The van der Waals surface area contributed by atoms with E-state index in [0.717, 1.165) is 20.3 Å². The Morgan fingerprint density at radius 1 is 0.614 bits per heavy atom. The molecule has 57 heavy (non-hydrogen) atoms. The first-order valence-corrected chi connectivity index (χ1v) is 19.1. The van der Waals surface area contributed by atoms with Crippen LogP contribution in [0.3, 0.4) is 0 Å². The van der Waals surface area contributed by atoms with Gasteiger partial charge in [0.15, 0.2) is 46.5 Å². The van der Waals surface area contributed by atoms with Crippen LogP contribution in [0.25, 0.3) is 56.5 Å². The van der Waals surface area contributed by atoms with Crippen molar-refractivity contribution in [2.45, 2.75) is 87.5 Å². The fourth-order valence-corrected chi connectivity index (χ4v) is 8.52. The molecule has 4 aromatic carbocycles. The van der Waals surface area contributed by atoms with Gasteiger partial charge in [0.05, 0.1) is 27.9 Å². The summed E-state index contributed by atoms with van der Waals surface area (Å²) in [5.41, 5.74) is -2.12. The van der Waals surface area contributed by atoms with E-state index in [1.165, 1.54) is 12.1 Å². The quantitative estimate of drug-likeness (QED) is 0.0866. The van der Waals surface area contributed by atoms with Gasteiger partial charge in [-0.05, 0) is 90.8 Å². The van der Waals surface area contributed by atoms with Crippen molar-refractivity contribution in [2.75, 3.05) is 0 Å². The minimum atomic E-state index is -2.30. The van der Waals surface area contributed by atoms with Crippen LogP contribution in [-0.2, 0) is 19.3 Å². The van der Waals surface area contributed by atoms with Crippen LogP contribution < -0.4 is 0 Å². The van der Waals surface area contributed by atoms with E-state index < -0.39 is 69.0 Å². The maximum atomic E-state index is 17.4. The average Bonchev–Trinajstić information content (AvgIpc) is 3.61. The molecule has 10 heteroatoms. The zero-order chi connectivity index (χ0) is 41.5. The third-order valence-electron chi connectivity index (χ3n) is 10.6. The molecule has 6 aromatic rings. The summed E-state index contributed by atoms with van der Waals surface area (Å²) in [5.74, 6) is -16.8. The molecular formula is C47H44F8N2. The molecular weight excluding hydrogens is 745 g/mol. The Morgan fingerprint density at radius 2 is 1.19 bits per heavy atom. The molecule has 0 radical (unpaired) electrons. The van der Waals surface area contributed by atoms with E-state index in [4.69, 9.17) is 0 Å². The van der Waals surface area contributed by atoms with E-state index in [9.17, 15) is 0 Å². The predicted molar refractivity (Wildman–Crippen MR) is 213 cm³/mol. The summed E-state index contributed by atoms with van der Waals surface area (Å²) < 4.78 is 133. The molecule has 0 aliphatic heterocycles. The maximum absolute atomic E-state index is 17.4. The number of hydrogen-bond donors (Lipinski definition) is 0. The molecule has 298 valence electrons. The monoisotopic (exact) mass is 788 g/mol. The van der Waals surface area contributed by atoms with Crippen LogP contribution in [0.15, 0.2) is 54.1 Å². The normalized spacial score (nSPS) is 13.7. The lowest BCUT2D eigenvalue weighted by atomic mass is 9.83. The number of allylic oxidation sites excluding steroid dienone is 2. The highest BCUT2D eigenvalue weighted by molar-refractivity contribution is 5.93. The third-order valence-corrected chi connectivity index (χ3v) is 10.6. The van der Waals surface area contributed by atoms with Crippen molar-refractivity contribution in [3.8, 4) is 22.5 Å². The van der Waals surface area contributed by atoms with Gasteiger partial charge in [-0.15, -0.1) is 0 Å². The van der Waals surface area contributed by atoms with Gasteiger partial charge < -0.3 is 9.13 Å². The number of para-hydroxylation sites is 1. The summed E-state index contributed by atoms with van der Waals surface area (Å²) in [5, 5.41) is 1.15. The number of rotatable bonds is 7. The van der Waals surface area contributed by atoms with Crippen LogP contribution in [0.2, 0.25) is 0 Å². The third kappa shape index (κ3) is 6.68. The fourth-order valence-electron chi connectivity index (χ4n) is 8.52. The van der Waals surface area contributed by atoms with E-state index in [-0.39, 0.29) is 27.6 Å². The molecule has 0 amide bonds. The maximum Gasteiger partial charge on any atom is 0.197 e. The van der Waals surface area contributed by atoms with Crippen LogP contribution >= 0.6 is 0 Å². The molecule has 0 atom stereocenters. The Kier molecular flexibility index (Phi) is 10.1. The second-order valence-corrected chi connectivity index (χ2v) is 17.4. The summed E-state index contributed by atoms with van der Waals surface area (Å²) in [6.45, 7) is 15.6. The number of nitrogens with zero attached hydrogens (tertiary/aromatic N) is 2. The minimum absolute atomic E-state index is 0.166. The molecule has 0 bridgehead atoms. The lowest BCUT2D eigenvalue weighted by molar-refractivity contribution is 0.404. The molecule has 2 nitrogen and oxygen atoms in total. The van der Waals surface area contributed by atoms with E-state index in [1.807, 2.05) is 53.7 Å². The molecule has 2 heterocycles. The van der Waals surface area contributed by atoms with Gasteiger partial charge in [0, 0.05) is 16.5 Å². The van der Waals surface area contributed by atoms with Gasteiger partial charge in [-0.2, -0.15) is 0 Å². The first-order chi connectivity index (χ1) is 26.8. The first-order valence-electron chi connectivity index (χ1n) is 19.1. The second kappa shape index (κ2) is 14.4. The van der Waals surface area contributed by atoms with Gasteiger partial charge >= 0.3 is 0 Å². The standard InChI is InChI=1S/C47H44F8N2/c1-9-13-30-26(10-2)27-14-11-12-15-31(27)56(30)44-38(50)34(36(48)40(52)42(44)54)35-37(49)41(53)43(55)45(39(35)51)57-32-20-24(22-46(3,4)5)16-18-28(32)29-19-17-25(21-33(29)57)23-47(6,7)8/h9,11-16,18,20-21H,10,17,19,22-23H2,1-8H3/b13-9-. The molecule has 0 fully saturated rings. The van der Waals surface area contributed by atoms with Gasteiger partial charge in [0.25, 0.3) is 0 Å². The van der Waals surface area contributed by atoms with Gasteiger partial charge in [-0.25, -0.2) is 35.1 Å². The lowest BCUT2D eigenvalue weighted by Crippen LogP contribution is -2.15. The fraction of sp³-hybridized carbons (Fsp3) is 0.319. The van der Waals surface area contributed by atoms with Gasteiger partial charge in [-0.3, -0.25) is 0 Å². The van der Waals surface area contributed by atoms with Crippen molar-refractivity contribution in [3.05, 3.63) is 129 Å². The van der Waals surface area contributed by atoms with E-state index in [2.05, 4.69) is 0 Å². The number of fused-ring (bicyclic) bond motifs is 4. The highest BCUT2D eigenvalue weighted by Crippen LogP contribution is 2.45. The molecule has 2 aromatic heterocycles. The Labute approximate surface area is 327 Å². The Balaban J connectivity index is 1.60. The summed E-state index contributed by atoms with van der Waals surface area (Å²) in [4.78, 5) is 0. The van der Waals surface area contributed by atoms with Crippen molar-refractivity contribution >= 4 is 34.0 Å². The van der Waals surface area contributed by atoms with Crippen molar-refractivity contribution in [1.82, 2.24) is 9.13 Å². The molecule has 7 rings (SSSR count). The Hall–Kier alpha value is -5.12. The summed E-state index contributed by atoms with van der Waals surface area (Å²) in [6, 6.07) is 11.9. The highest BCUT2D eigenvalue weighted by Gasteiger charge is 2.37. The number of aromatic nitrogens is 2. The Bertz CT molecular complexity index is 2680. The first kappa shape index (κ1) is 40.1. The van der Waals surface area contributed by atoms with Crippen molar-refractivity contribution in [1.29, 1.82) is 0 Å². The number of benzene rings is 4. The van der Waals surface area contributed by atoms with Gasteiger partial charge in [0.1, 0.15) is 11.4 Å². The SMILES string of the molecule is C/C=C\c1c(CC)c2ccccc2n1-c1c(F)c(F)c(F)c(-c2c(F)c(F)c(F)c(-n3c4c(c5ccc(CC(C)(C)C)cc53)CCC(CC(C)(C)C)=C4)c2F)c1F. The molecule has 0 saturated heterocycles. The van der Waals surface area contributed by atoms with E-state index in [0.29, 0.717) is 59.7 Å². The molecule has 1 aliphatic carbocycles. The van der Waals surface area contributed by atoms with Crippen LogP contribution in [0, 0.1) is 57.4 Å². The lowest BCUT2D eigenvalue weighted by Gasteiger charge is -2.24. The smallest absolute Gasteiger partial charge is 0.197 e. The minimum Gasteiger partial charge on any atom is -0.304 e. The van der Waals surface area contributed by atoms with Gasteiger partial charge in [-0.1, -0.05) is 90.4 Å². The molecule has 0 spiro atoms. The van der Waals surface area contributed by atoms with Crippen molar-refractivity contribution < 1.29 is 35.1 Å². The van der Waals surface area contributed by atoms with E-state index in [1.54, 1.807) is 50.3 Å². The molecule has 1 aliphatic rings. The van der Waals surface area contributed by atoms with Crippen LogP contribution in [0.4, 0.5) is 35.1 Å². The summed E-state index contributed by atoms with van der Waals surface area (Å²) >= 11 is 0. The number of aryl methyl sites for hydroxylation is 2. The topological polar surface area (TPSA) is 9.86 Å². The van der Waals surface area contributed by atoms with Crippen molar-refractivity contribution in [3.63, 3.8) is 0 Å². The Morgan fingerprint density at radius 3 is 1.75 bits per heavy atom. The van der Waals surface area contributed by atoms with Crippen LogP contribution in [-0.4, -0.2) is 9.13 Å². The van der Waals surface area contributed by atoms with Gasteiger partial charge in [0.2, 0.25) is 0 Å². The average molecular weight is 789 g/mol. The highest BCUT2D eigenvalue weighted by atomic mass is 19.2. The van der Waals surface area contributed by atoms with Crippen LogP contribution in [0.5, 0.6) is 0 Å². The molecule has 0 N–H and O–H groups in total.